The fourth-order valence-corrected chi connectivity index (χ4v) is 3.92. The van der Waals surface area contributed by atoms with E-state index < -0.39 is 9.84 Å². The summed E-state index contributed by atoms with van der Waals surface area (Å²) < 4.78 is 23.3. The van der Waals surface area contributed by atoms with Gasteiger partial charge in [-0.2, -0.15) is 0 Å². The van der Waals surface area contributed by atoms with Gasteiger partial charge in [0.15, 0.2) is 15.8 Å². The zero-order valence-corrected chi connectivity index (χ0v) is 11.6. The first kappa shape index (κ1) is 13.6. The van der Waals surface area contributed by atoms with Crippen LogP contribution in [0, 0.1) is 0 Å². The maximum absolute atomic E-state index is 11.6. The molecule has 104 valence electrons. The molecule has 5 nitrogen and oxygen atoms in total. The summed E-state index contributed by atoms with van der Waals surface area (Å²) in [7, 11) is -2.91. The van der Waals surface area contributed by atoms with E-state index >= 15 is 0 Å². The van der Waals surface area contributed by atoms with E-state index in [1.807, 2.05) is 0 Å². The van der Waals surface area contributed by atoms with Gasteiger partial charge in [-0.3, -0.25) is 4.99 Å². The van der Waals surface area contributed by atoms with E-state index in [1.165, 1.54) is 19.3 Å². The molecule has 18 heavy (non-hydrogen) atoms. The number of hydrogen-bond acceptors (Lipinski definition) is 3. The Balaban J connectivity index is 1.71. The van der Waals surface area contributed by atoms with Crippen LogP contribution in [0.5, 0.6) is 0 Å². The fourth-order valence-electron chi connectivity index (χ4n) is 2.39. The number of rotatable bonds is 5. The van der Waals surface area contributed by atoms with Crippen molar-refractivity contribution in [1.82, 2.24) is 5.32 Å². The molecular weight excluding hydrogens is 250 g/mol. The Morgan fingerprint density at radius 3 is 2.44 bits per heavy atom. The SMILES string of the molecule is NC(=NCCS(=O)(=O)C1CC1)NC1CCCCC1. The van der Waals surface area contributed by atoms with E-state index in [0.29, 0.717) is 12.0 Å². The average Bonchev–Trinajstić information content (AvgIpc) is 3.14. The van der Waals surface area contributed by atoms with Gasteiger partial charge in [0, 0.05) is 6.04 Å². The summed E-state index contributed by atoms with van der Waals surface area (Å²) in [6, 6.07) is 0.419. The molecule has 0 aromatic heterocycles. The standard InChI is InChI=1S/C12H23N3O2S/c13-12(15-10-4-2-1-3-5-10)14-8-9-18(16,17)11-6-7-11/h10-11H,1-9H2,(H3,13,14,15). The van der Waals surface area contributed by atoms with E-state index in [-0.39, 0.29) is 17.5 Å². The minimum Gasteiger partial charge on any atom is -0.370 e. The molecule has 0 saturated heterocycles. The first-order chi connectivity index (χ1) is 8.58. The Hall–Kier alpha value is -0.780. The van der Waals surface area contributed by atoms with Gasteiger partial charge in [0.25, 0.3) is 0 Å². The molecule has 0 aromatic rings. The number of hydrogen-bond donors (Lipinski definition) is 2. The summed E-state index contributed by atoms with van der Waals surface area (Å²) >= 11 is 0. The van der Waals surface area contributed by atoms with Gasteiger partial charge in [-0.25, -0.2) is 8.42 Å². The van der Waals surface area contributed by atoms with Crippen LogP contribution in [0.2, 0.25) is 0 Å². The van der Waals surface area contributed by atoms with E-state index in [4.69, 9.17) is 5.73 Å². The first-order valence-corrected chi connectivity index (χ1v) is 8.57. The van der Waals surface area contributed by atoms with Crippen molar-refractivity contribution in [2.75, 3.05) is 12.3 Å². The highest BCUT2D eigenvalue weighted by atomic mass is 32.2. The van der Waals surface area contributed by atoms with Crippen LogP contribution in [-0.2, 0) is 9.84 Å². The molecule has 2 rings (SSSR count). The highest BCUT2D eigenvalue weighted by Gasteiger charge is 2.34. The molecule has 0 aliphatic heterocycles. The molecule has 0 bridgehead atoms. The normalized spacial score (nSPS) is 23.0. The quantitative estimate of drug-likeness (QED) is 0.573. The summed E-state index contributed by atoms with van der Waals surface area (Å²) in [5.41, 5.74) is 5.77. The monoisotopic (exact) mass is 273 g/mol. The van der Waals surface area contributed by atoms with Gasteiger partial charge in [-0.15, -0.1) is 0 Å². The van der Waals surface area contributed by atoms with Crippen LogP contribution < -0.4 is 11.1 Å². The topological polar surface area (TPSA) is 84.5 Å². The Morgan fingerprint density at radius 2 is 1.83 bits per heavy atom. The predicted octanol–water partition coefficient (Wildman–Crippen LogP) is 0.801. The van der Waals surface area contributed by atoms with E-state index in [0.717, 1.165) is 25.7 Å². The van der Waals surface area contributed by atoms with E-state index in [9.17, 15) is 8.42 Å². The van der Waals surface area contributed by atoms with Crippen LogP contribution >= 0.6 is 0 Å². The van der Waals surface area contributed by atoms with Crippen molar-refractivity contribution in [3.8, 4) is 0 Å². The van der Waals surface area contributed by atoms with Crippen molar-refractivity contribution in [2.24, 2.45) is 10.7 Å². The third kappa shape index (κ3) is 4.15. The molecule has 0 aromatic carbocycles. The maximum atomic E-state index is 11.6. The molecule has 0 heterocycles. The fraction of sp³-hybridized carbons (Fsp3) is 0.917. The van der Waals surface area contributed by atoms with Gasteiger partial charge in [-0.05, 0) is 25.7 Å². The van der Waals surface area contributed by atoms with Crippen LogP contribution in [0.3, 0.4) is 0 Å². The lowest BCUT2D eigenvalue weighted by molar-refractivity contribution is 0.412. The molecule has 0 spiro atoms. The zero-order chi connectivity index (χ0) is 13.0. The average molecular weight is 273 g/mol. The molecule has 2 aliphatic carbocycles. The number of guanidine groups is 1. The number of nitrogens with zero attached hydrogens (tertiary/aromatic N) is 1. The highest BCUT2D eigenvalue weighted by Crippen LogP contribution is 2.28. The molecule has 6 heteroatoms. The second kappa shape index (κ2) is 5.91. The van der Waals surface area contributed by atoms with Gasteiger partial charge in [0.2, 0.25) is 0 Å². The van der Waals surface area contributed by atoms with Crippen molar-refractivity contribution >= 4 is 15.8 Å². The molecule has 3 N–H and O–H groups in total. The van der Waals surface area contributed by atoms with Gasteiger partial charge >= 0.3 is 0 Å². The molecule has 2 fully saturated rings. The van der Waals surface area contributed by atoms with Crippen molar-refractivity contribution in [1.29, 1.82) is 0 Å². The van der Waals surface area contributed by atoms with E-state index in [1.54, 1.807) is 0 Å². The lowest BCUT2D eigenvalue weighted by atomic mass is 9.96. The summed E-state index contributed by atoms with van der Waals surface area (Å²) in [6.45, 7) is 0.282. The minimum atomic E-state index is -2.91. The maximum Gasteiger partial charge on any atom is 0.188 e. The molecule has 0 radical (unpaired) electrons. The zero-order valence-electron chi connectivity index (χ0n) is 10.8. The lowest BCUT2D eigenvalue weighted by Gasteiger charge is -2.23. The van der Waals surface area contributed by atoms with Crippen LogP contribution in [0.4, 0.5) is 0 Å². The van der Waals surface area contributed by atoms with Crippen LogP contribution in [-0.4, -0.2) is 38.0 Å². The van der Waals surface area contributed by atoms with Crippen molar-refractivity contribution in [3.05, 3.63) is 0 Å². The number of sulfone groups is 1. The Morgan fingerprint density at radius 1 is 1.17 bits per heavy atom. The summed E-state index contributed by atoms with van der Waals surface area (Å²) in [5.74, 6) is 0.526. The third-order valence-corrected chi connectivity index (χ3v) is 5.89. The molecule has 0 atom stereocenters. The summed E-state index contributed by atoms with van der Waals surface area (Å²) in [5, 5.41) is 3.09. The van der Waals surface area contributed by atoms with Gasteiger partial charge in [0.05, 0.1) is 17.5 Å². The highest BCUT2D eigenvalue weighted by molar-refractivity contribution is 7.92. The summed E-state index contributed by atoms with van der Waals surface area (Å²) in [6.07, 6.45) is 7.69. The molecule has 0 unspecified atom stereocenters. The summed E-state index contributed by atoms with van der Waals surface area (Å²) in [4.78, 5) is 4.12. The predicted molar refractivity (Wildman–Crippen MR) is 73.3 cm³/mol. The first-order valence-electron chi connectivity index (χ1n) is 6.86. The van der Waals surface area contributed by atoms with Crippen LogP contribution in [0.1, 0.15) is 44.9 Å². The molecule has 2 aliphatic rings. The number of nitrogens with two attached hydrogens (primary N) is 1. The van der Waals surface area contributed by atoms with Crippen LogP contribution in [0.25, 0.3) is 0 Å². The van der Waals surface area contributed by atoms with Crippen molar-refractivity contribution < 1.29 is 8.42 Å². The lowest BCUT2D eigenvalue weighted by Crippen LogP contribution is -2.41. The van der Waals surface area contributed by atoms with Gasteiger partial charge < -0.3 is 11.1 Å². The van der Waals surface area contributed by atoms with E-state index in [2.05, 4.69) is 10.3 Å². The second-order valence-corrected chi connectivity index (χ2v) is 7.71. The van der Waals surface area contributed by atoms with Crippen molar-refractivity contribution in [3.63, 3.8) is 0 Å². The molecular formula is C12H23N3O2S. The smallest absolute Gasteiger partial charge is 0.188 e. The second-order valence-electron chi connectivity index (χ2n) is 5.31. The van der Waals surface area contributed by atoms with Gasteiger partial charge in [0.1, 0.15) is 0 Å². The Kier molecular flexibility index (Phi) is 4.48. The van der Waals surface area contributed by atoms with Crippen molar-refractivity contribution in [2.45, 2.75) is 56.2 Å². The third-order valence-electron chi connectivity index (χ3n) is 3.65. The van der Waals surface area contributed by atoms with Crippen LogP contribution in [0.15, 0.2) is 4.99 Å². The minimum absolute atomic E-state index is 0.0970. The number of aliphatic imine (C=N–C) groups is 1. The van der Waals surface area contributed by atoms with Gasteiger partial charge in [-0.1, -0.05) is 19.3 Å². The number of nitrogens with one attached hydrogen (secondary N) is 1. The molecule has 2 saturated carbocycles. The Bertz CT molecular complexity index is 396. The Labute approximate surface area is 109 Å². The molecule has 0 amide bonds. The largest absolute Gasteiger partial charge is 0.370 e.